The summed E-state index contributed by atoms with van der Waals surface area (Å²) in [7, 11) is 0. The second-order valence-electron chi connectivity index (χ2n) is 4.90. The molecule has 1 aliphatic rings. The zero-order valence-corrected chi connectivity index (χ0v) is 11.9. The van der Waals surface area contributed by atoms with Crippen molar-refractivity contribution < 1.29 is 14.5 Å². The van der Waals surface area contributed by atoms with E-state index >= 15 is 0 Å². The number of rotatable bonds is 6. The molecule has 1 fully saturated rings. The lowest BCUT2D eigenvalue weighted by molar-refractivity contribution is -0.385. The van der Waals surface area contributed by atoms with E-state index in [9.17, 15) is 14.9 Å². The van der Waals surface area contributed by atoms with E-state index in [1.807, 2.05) is 0 Å². The number of nitro groups is 1. The number of nitrogens with zero attached hydrogens (tertiary/aromatic N) is 1. The SMILES string of the molecule is CCNC(=O)c1ccc(OCC2CCCN2)c([N+](=O)[O-])c1. The van der Waals surface area contributed by atoms with Crippen LogP contribution in [-0.4, -0.2) is 36.6 Å². The molecule has 1 unspecified atom stereocenters. The molecule has 0 aliphatic carbocycles. The Morgan fingerprint density at radius 1 is 1.57 bits per heavy atom. The lowest BCUT2D eigenvalue weighted by atomic mass is 10.1. The highest BCUT2D eigenvalue weighted by Gasteiger charge is 2.21. The highest BCUT2D eigenvalue weighted by atomic mass is 16.6. The van der Waals surface area contributed by atoms with Crippen LogP contribution in [0.1, 0.15) is 30.1 Å². The van der Waals surface area contributed by atoms with Crippen LogP contribution in [0.3, 0.4) is 0 Å². The van der Waals surface area contributed by atoms with E-state index in [0.29, 0.717) is 13.2 Å². The summed E-state index contributed by atoms with van der Waals surface area (Å²) in [5, 5.41) is 17.0. The Morgan fingerprint density at radius 2 is 2.38 bits per heavy atom. The average Bonchev–Trinajstić information content (AvgIpc) is 2.98. The first-order valence-corrected chi connectivity index (χ1v) is 7.04. The molecule has 2 N–H and O–H groups in total. The molecule has 114 valence electrons. The first-order chi connectivity index (χ1) is 10.1. The Hall–Kier alpha value is -2.15. The number of carbonyl (C=O) groups is 1. The minimum Gasteiger partial charge on any atom is -0.485 e. The fraction of sp³-hybridized carbons (Fsp3) is 0.500. The van der Waals surface area contributed by atoms with Crippen molar-refractivity contribution in [3.05, 3.63) is 33.9 Å². The third kappa shape index (κ3) is 3.91. The van der Waals surface area contributed by atoms with Crippen LogP contribution in [0.5, 0.6) is 5.75 Å². The maximum Gasteiger partial charge on any atom is 0.311 e. The van der Waals surface area contributed by atoms with Crippen molar-refractivity contribution in [3.8, 4) is 5.75 Å². The monoisotopic (exact) mass is 293 g/mol. The van der Waals surface area contributed by atoms with Crippen LogP contribution < -0.4 is 15.4 Å². The third-order valence-electron chi connectivity index (χ3n) is 3.36. The van der Waals surface area contributed by atoms with Crippen LogP contribution in [-0.2, 0) is 0 Å². The van der Waals surface area contributed by atoms with Gasteiger partial charge in [-0.1, -0.05) is 0 Å². The van der Waals surface area contributed by atoms with Gasteiger partial charge in [-0.05, 0) is 38.4 Å². The molecule has 0 bridgehead atoms. The maximum absolute atomic E-state index is 11.7. The van der Waals surface area contributed by atoms with Crippen LogP contribution in [0.25, 0.3) is 0 Å². The van der Waals surface area contributed by atoms with Gasteiger partial charge in [0.1, 0.15) is 6.61 Å². The fourth-order valence-electron chi connectivity index (χ4n) is 2.28. The van der Waals surface area contributed by atoms with Crippen LogP contribution in [0.2, 0.25) is 0 Å². The van der Waals surface area contributed by atoms with E-state index < -0.39 is 4.92 Å². The molecule has 7 nitrogen and oxygen atoms in total. The molecule has 1 heterocycles. The minimum atomic E-state index is -0.528. The molecule has 1 saturated heterocycles. The standard InChI is InChI=1S/C14H19N3O4/c1-2-15-14(18)10-5-6-13(12(8-10)17(19)20)21-9-11-4-3-7-16-11/h5-6,8,11,16H,2-4,7,9H2,1H3,(H,15,18). The van der Waals surface area contributed by atoms with Crippen molar-refractivity contribution in [1.29, 1.82) is 0 Å². The smallest absolute Gasteiger partial charge is 0.311 e. The molecule has 1 amide bonds. The van der Waals surface area contributed by atoms with Crippen molar-refractivity contribution in [1.82, 2.24) is 10.6 Å². The molecular formula is C14H19N3O4. The number of amides is 1. The average molecular weight is 293 g/mol. The van der Waals surface area contributed by atoms with Crippen LogP contribution in [0.4, 0.5) is 5.69 Å². The molecule has 0 aromatic heterocycles. The van der Waals surface area contributed by atoms with E-state index in [1.54, 1.807) is 6.92 Å². The van der Waals surface area contributed by atoms with Gasteiger partial charge in [0.25, 0.3) is 5.91 Å². The number of hydrogen-bond acceptors (Lipinski definition) is 5. The third-order valence-corrected chi connectivity index (χ3v) is 3.36. The summed E-state index contributed by atoms with van der Waals surface area (Å²) in [4.78, 5) is 22.3. The van der Waals surface area contributed by atoms with Gasteiger partial charge >= 0.3 is 5.69 Å². The van der Waals surface area contributed by atoms with Gasteiger partial charge < -0.3 is 15.4 Å². The summed E-state index contributed by atoms with van der Waals surface area (Å²) in [5.74, 6) is -0.133. The van der Waals surface area contributed by atoms with E-state index in [-0.39, 0.29) is 28.9 Å². The van der Waals surface area contributed by atoms with Crippen LogP contribution in [0, 0.1) is 10.1 Å². The lowest BCUT2D eigenvalue weighted by Gasteiger charge is -2.12. The molecule has 0 saturated carbocycles. The van der Waals surface area contributed by atoms with Crippen molar-refractivity contribution >= 4 is 11.6 Å². The van der Waals surface area contributed by atoms with Gasteiger partial charge in [0.2, 0.25) is 0 Å². The minimum absolute atomic E-state index is 0.184. The Morgan fingerprint density at radius 3 is 3.00 bits per heavy atom. The van der Waals surface area contributed by atoms with Gasteiger partial charge in [0, 0.05) is 24.2 Å². The number of nitrogens with one attached hydrogen (secondary N) is 2. The predicted octanol–water partition coefficient (Wildman–Crippen LogP) is 1.48. The van der Waals surface area contributed by atoms with Gasteiger partial charge in [-0.15, -0.1) is 0 Å². The Bertz CT molecular complexity index is 527. The predicted molar refractivity (Wildman–Crippen MR) is 77.6 cm³/mol. The summed E-state index contributed by atoms with van der Waals surface area (Å²) in [6.07, 6.45) is 2.09. The molecule has 1 aromatic rings. The first-order valence-electron chi connectivity index (χ1n) is 7.04. The van der Waals surface area contributed by atoms with Crippen LogP contribution in [0.15, 0.2) is 18.2 Å². The fourth-order valence-corrected chi connectivity index (χ4v) is 2.28. The Labute approximate surface area is 122 Å². The normalized spacial score (nSPS) is 17.5. The first kappa shape index (κ1) is 15.2. The summed E-state index contributed by atoms with van der Waals surface area (Å²) >= 11 is 0. The molecule has 0 spiro atoms. The topological polar surface area (TPSA) is 93.5 Å². The second-order valence-corrected chi connectivity index (χ2v) is 4.90. The lowest BCUT2D eigenvalue weighted by Crippen LogP contribution is -2.28. The zero-order chi connectivity index (χ0) is 15.2. The molecule has 2 rings (SSSR count). The number of ether oxygens (including phenoxy) is 1. The number of hydrogen-bond donors (Lipinski definition) is 2. The van der Waals surface area contributed by atoms with E-state index in [2.05, 4.69) is 10.6 Å². The molecule has 1 atom stereocenters. The highest BCUT2D eigenvalue weighted by molar-refractivity contribution is 5.95. The van der Waals surface area contributed by atoms with Gasteiger partial charge in [-0.3, -0.25) is 14.9 Å². The van der Waals surface area contributed by atoms with E-state index in [0.717, 1.165) is 19.4 Å². The molecular weight excluding hydrogens is 274 g/mol. The summed E-state index contributed by atoms with van der Waals surface area (Å²) in [5.41, 5.74) is 0.0756. The largest absolute Gasteiger partial charge is 0.485 e. The Balaban J connectivity index is 2.12. The number of benzene rings is 1. The van der Waals surface area contributed by atoms with E-state index in [4.69, 9.17) is 4.74 Å². The zero-order valence-electron chi connectivity index (χ0n) is 11.9. The summed E-state index contributed by atoms with van der Waals surface area (Å²) < 4.78 is 5.54. The van der Waals surface area contributed by atoms with Crippen molar-refractivity contribution in [3.63, 3.8) is 0 Å². The van der Waals surface area contributed by atoms with Gasteiger partial charge in [-0.2, -0.15) is 0 Å². The van der Waals surface area contributed by atoms with Gasteiger partial charge in [0.15, 0.2) is 5.75 Å². The summed E-state index contributed by atoms with van der Waals surface area (Å²) in [6, 6.07) is 4.50. The summed E-state index contributed by atoms with van der Waals surface area (Å²) in [6.45, 7) is 3.60. The van der Waals surface area contributed by atoms with Crippen molar-refractivity contribution in [2.75, 3.05) is 19.7 Å². The van der Waals surface area contributed by atoms with Gasteiger partial charge in [-0.25, -0.2) is 0 Å². The molecule has 1 aliphatic heterocycles. The number of carbonyl (C=O) groups excluding carboxylic acids is 1. The molecule has 21 heavy (non-hydrogen) atoms. The Kier molecular flexibility index (Phi) is 5.10. The highest BCUT2D eigenvalue weighted by Crippen LogP contribution is 2.28. The quantitative estimate of drug-likeness (QED) is 0.612. The number of nitro benzene ring substituents is 1. The molecule has 1 aromatic carbocycles. The van der Waals surface area contributed by atoms with Crippen molar-refractivity contribution in [2.45, 2.75) is 25.8 Å². The van der Waals surface area contributed by atoms with E-state index in [1.165, 1.54) is 18.2 Å². The molecule has 7 heteroatoms. The second kappa shape index (κ2) is 7.03. The molecule has 0 radical (unpaired) electrons. The van der Waals surface area contributed by atoms with Crippen LogP contribution >= 0.6 is 0 Å². The maximum atomic E-state index is 11.7. The van der Waals surface area contributed by atoms with Crippen molar-refractivity contribution in [2.24, 2.45) is 0 Å². The van der Waals surface area contributed by atoms with Gasteiger partial charge in [0.05, 0.1) is 4.92 Å².